The molecular weight excluding hydrogens is 267 g/mol. The Morgan fingerprint density at radius 3 is 2.00 bits per heavy atom. The van der Waals surface area contributed by atoms with Crippen molar-refractivity contribution in [1.29, 1.82) is 0 Å². The van der Waals surface area contributed by atoms with E-state index in [4.69, 9.17) is 5.73 Å². The van der Waals surface area contributed by atoms with E-state index >= 15 is 0 Å². The molecule has 0 aliphatic carbocycles. The van der Waals surface area contributed by atoms with Gasteiger partial charge >= 0.3 is 12.4 Å². The highest BCUT2D eigenvalue weighted by molar-refractivity contribution is 5.29. The second kappa shape index (κ2) is 4.75. The Morgan fingerprint density at radius 1 is 1.00 bits per heavy atom. The van der Waals surface area contributed by atoms with Crippen molar-refractivity contribution in [2.75, 3.05) is 0 Å². The molecule has 1 nitrogen and oxygen atoms in total. The molecule has 0 fully saturated rings. The average Bonchev–Trinajstić information content (AvgIpc) is 2.12. The Balaban J connectivity index is 3.07. The first-order valence-corrected chi connectivity index (χ1v) is 4.69. The van der Waals surface area contributed by atoms with Gasteiger partial charge in [0.15, 0.2) is 0 Å². The first-order chi connectivity index (χ1) is 7.99. The summed E-state index contributed by atoms with van der Waals surface area (Å²) in [6, 6.07) is -0.559. The van der Waals surface area contributed by atoms with Crippen molar-refractivity contribution in [3.05, 3.63) is 35.1 Å². The monoisotopic (exact) mass is 275 g/mol. The Labute approximate surface area is 97.4 Å². The highest BCUT2D eigenvalue weighted by Gasteiger charge is 2.34. The topological polar surface area (TPSA) is 26.0 Å². The van der Waals surface area contributed by atoms with Crippen molar-refractivity contribution < 1.29 is 30.7 Å². The highest BCUT2D eigenvalue weighted by atomic mass is 19.4. The van der Waals surface area contributed by atoms with Gasteiger partial charge in [0.25, 0.3) is 0 Å². The fourth-order valence-corrected chi connectivity index (χ4v) is 1.36. The van der Waals surface area contributed by atoms with Gasteiger partial charge in [0.2, 0.25) is 0 Å². The SMILES string of the molecule is N[C@@H](CC(F)(F)F)c1cc(F)cc(C(F)(F)F)c1. The molecule has 102 valence electrons. The predicted octanol–water partition coefficient (Wildman–Crippen LogP) is 3.80. The van der Waals surface area contributed by atoms with Crippen LogP contribution in [0.3, 0.4) is 0 Å². The summed E-state index contributed by atoms with van der Waals surface area (Å²) in [5.41, 5.74) is 3.20. The van der Waals surface area contributed by atoms with Crippen LogP contribution < -0.4 is 5.73 Å². The lowest BCUT2D eigenvalue weighted by Crippen LogP contribution is -2.21. The van der Waals surface area contributed by atoms with Crippen molar-refractivity contribution in [3.8, 4) is 0 Å². The maximum absolute atomic E-state index is 12.9. The van der Waals surface area contributed by atoms with Gasteiger partial charge in [-0.2, -0.15) is 26.3 Å². The Bertz CT molecular complexity index is 421. The number of nitrogens with two attached hydrogens (primary N) is 1. The highest BCUT2D eigenvalue weighted by Crippen LogP contribution is 2.33. The molecule has 0 bridgehead atoms. The van der Waals surface area contributed by atoms with Crippen LogP contribution in [0.2, 0.25) is 0 Å². The second-order valence-corrected chi connectivity index (χ2v) is 3.70. The third-order valence-electron chi connectivity index (χ3n) is 2.13. The molecule has 1 atom stereocenters. The summed E-state index contributed by atoms with van der Waals surface area (Å²) >= 11 is 0. The normalized spacial score (nSPS) is 14.7. The van der Waals surface area contributed by atoms with E-state index in [1.54, 1.807) is 0 Å². The van der Waals surface area contributed by atoms with Crippen molar-refractivity contribution in [1.82, 2.24) is 0 Å². The van der Waals surface area contributed by atoms with Gasteiger partial charge in [-0.15, -0.1) is 0 Å². The second-order valence-electron chi connectivity index (χ2n) is 3.70. The van der Waals surface area contributed by atoms with Crippen molar-refractivity contribution in [2.24, 2.45) is 5.73 Å². The molecule has 8 heteroatoms. The first-order valence-electron chi connectivity index (χ1n) is 4.69. The van der Waals surface area contributed by atoms with E-state index < -0.39 is 41.8 Å². The van der Waals surface area contributed by atoms with Crippen LogP contribution in [0.1, 0.15) is 23.6 Å². The van der Waals surface area contributed by atoms with E-state index in [9.17, 15) is 30.7 Å². The minimum atomic E-state index is -4.84. The summed E-state index contributed by atoms with van der Waals surface area (Å²) in [4.78, 5) is 0. The van der Waals surface area contributed by atoms with E-state index in [-0.39, 0.29) is 6.07 Å². The van der Waals surface area contributed by atoms with E-state index in [0.717, 1.165) is 0 Å². The van der Waals surface area contributed by atoms with Gasteiger partial charge in [-0.1, -0.05) is 0 Å². The zero-order chi connectivity index (χ0) is 14.1. The van der Waals surface area contributed by atoms with Crippen LogP contribution in [0.25, 0.3) is 0 Å². The quantitative estimate of drug-likeness (QED) is 0.816. The molecular formula is C10H8F7N. The molecule has 0 amide bonds. The molecule has 0 aliphatic heterocycles. The summed E-state index contributed by atoms with van der Waals surface area (Å²) in [7, 11) is 0. The predicted molar refractivity (Wildman–Crippen MR) is 49.0 cm³/mol. The Kier molecular flexibility index (Phi) is 3.89. The minimum absolute atomic E-state index is 0.198. The van der Waals surface area contributed by atoms with Gasteiger partial charge < -0.3 is 5.73 Å². The van der Waals surface area contributed by atoms with Gasteiger partial charge in [0.05, 0.1) is 12.0 Å². The molecule has 0 aromatic heterocycles. The summed E-state index contributed by atoms with van der Waals surface area (Å²) in [5, 5.41) is 0. The van der Waals surface area contributed by atoms with Gasteiger partial charge in [-0.25, -0.2) is 4.39 Å². The van der Waals surface area contributed by atoms with Crippen LogP contribution in [0, 0.1) is 5.82 Å². The van der Waals surface area contributed by atoms with Gasteiger partial charge in [-0.3, -0.25) is 0 Å². The van der Waals surface area contributed by atoms with Crippen LogP contribution in [0.4, 0.5) is 30.7 Å². The molecule has 1 aromatic rings. The smallest absolute Gasteiger partial charge is 0.324 e. The zero-order valence-corrected chi connectivity index (χ0v) is 8.74. The molecule has 0 heterocycles. The molecule has 1 aromatic carbocycles. The molecule has 0 aliphatic rings. The molecule has 0 spiro atoms. The lowest BCUT2D eigenvalue weighted by molar-refractivity contribution is -0.138. The third-order valence-corrected chi connectivity index (χ3v) is 2.13. The fourth-order valence-electron chi connectivity index (χ4n) is 1.36. The van der Waals surface area contributed by atoms with Crippen LogP contribution >= 0.6 is 0 Å². The van der Waals surface area contributed by atoms with Gasteiger partial charge in [-0.05, 0) is 23.8 Å². The van der Waals surface area contributed by atoms with Crippen LogP contribution in [0.5, 0.6) is 0 Å². The molecule has 18 heavy (non-hydrogen) atoms. The Morgan fingerprint density at radius 2 is 1.56 bits per heavy atom. The van der Waals surface area contributed by atoms with Crippen molar-refractivity contribution in [3.63, 3.8) is 0 Å². The van der Waals surface area contributed by atoms with E-state index in [2.05, 4.69) is 0 Å². The van der Waals surface area contributed by atoms with Gasteiger partial charge in [0, 0.05) is 6.04 Å². The van der Waals surface area contributed by atoms with E-state index in [0.29, 0.717) is 12.1 Å². The largest absolute Gasteiger partial charge is 0.416 e. The molecule has 1 rings (SSSR count). The van der Waals surface area contributed by atoms with Crippen LogP contribution in [-0.4, -0.2) is 6.18 Å². The van der Waals surface area contributed by atoms with Crippen LogP contribution in [0.15, 0.2) is 18.2 Å². The summed E-state index contributed by atoms with van der Waals surface area (Å²) in [6.07, 6.45) is -11.0. The standard InChI is InChI=1S/C10H8F7N/c11-7-2-5(8(18)4-9(12,13)14)1-6(3-7)10(15,16)17/h1-3,8H,4,18H2/t8-/m0/s1. The van der Waals surface area contributed by atoms with E-state index in [1.807, 2.05) is 0 Å². The number of hydrogen-bond donors (Lipinski definition) is 1. The van der Waals surface area contributed by atoms with Crippen LogP contribution in [-0.2, 0) is 6.18 Å². The lowest BCUT2D eigenvalue weighted by atomic mass is 10.0. The van der Waals surface area contributed by atoms with Gasteiger partial charge in [0.1, 0.15) is 5.82 Å². The zero-order valence-electron chi connectivity index (χ0n) is 8.74. The molecule has 2 N–H and O–H groups in total. The fraction of sp³-hybridized carbons (Fsp3) is 0.400. The number of halogens is 7. The number of hydrogen-bond acceptors (Lipinski definition) is 1. The summed E-state index contributed by atoms with van der Waals surface area (Å²) in [6.45, 7) is 0. The molecule has 0 saturated carbocycles. The lowest BCUT2D eigenvalue weighted by Gasteiger charge is -2.16. The summed E-state index contributed by atoms with van der Waals surface area (Å²) < 4.78 is 86.0. The Hall–Kier alpha value is -1.31. The van der Waals surface area contributed by atoms with Crippen molar-refractivity contribution >= 4 is 0 Å². The molecule has 0 unspecified atom stereocenters. The number of benzene rings is 1. The van der Waals surface area contributed by atoms with E-state index in [1.165, 1.54) is 0 Å². The minimum Gasteiger partial charge on any atom is -0.324 e. The maximum atomic E-state index is 12.9. The van der Waals surface area contributed by atoms with Crippen molar-refractivity contribution in [2.45, 2.75) is 24.8 Å². The first kappa shape index (κ1) is 14.7. The summed E-state index contributed by atoms with van der Waals surface area (Å²) in [5.74, 6) is -1.28. The number of alkyl halides is 6. The molecule has 0 saturated heterocycles. The third kappa shape index (κ3) is 4.17. The molecule has 0 radical (unpaired) electrons. The average molecular weight is 275 g/mol. The number of rotatable bonds is 2. The maximum Gasteiger partial charge on any atom is 0.416 e.